The molecule has 1 aromatic rings. The van der Waals surface area contributed by atoms with Crippen molar-refractivity contribution in [2.24, 2.45) is 0 Å². The molecular formula is C6H7BrN2O2S. The first-order chi connectivity index (χ1) is 5.72. The molecule has 1 heterocycles. The van der Waals surface area contributed by atoms with E-state index in [1.54, 1.807) is 6.20 Å². The third-order valence-corrected chi connectivity index (χ3v) is 2.45. The van der Waals surface area contributed by atoms with Crippen LogP contribution in [0, 0.1) is 0 Å². The third-order valence-electron chi connectivity index (χ3n) is 1.06. The van der Waals surface area contributed by atoms with Gasteiger partial charge in [0.2, 0.25) is 5.91 Å². The normalized spacial score (nSPS) is 9.83. The molecule has 12 heavy (non-hydrogen) atoms. The summed E-state index contributed by atoms with van der Waals surface area (Å²) >= 11 is 4.55. The van der Waals surface area contributed by atoms with Gasteiger partial charge < -0.3 is 10.4 Å². The highest BCUT2D eigenvalue weighted by atomic mass is 79.9. The summed E-state index contributed by atoms with van der Waals surface area (Å²) in [7, 11) is 0. The summed E-state index contributed by atoms with van der Waals surface area (Å²) in [5, 5.41) is 11.5. The zero-order chi connectivity index (χ0) is 8.97. The maximum Gasteiger partial charge on any atom is 0.228 e. The van der Waals surface area contributed by atoms with E-state index in [9.17, 15) is 4.79 Å². The molecule has 0 fully saturated rings. The molecule has 0 spiro atoms. The molecule has 0 aliphatic heterocycles. The van der Waals surface area contributed by atoms with Crippen LogP contribution in [0.4, 0.5) is 5.13 Å². The Morgan fingerprint density at radius 1 is 1.83 bits per heavy atom. The summed E-state index contributed by atoms with van der Waals surface area (Å²) in [5.74, 6) is -0.223. The second-order valence-corrected chi connectivity index (χ2v) is 4.40. The van der Waals surface area contributed by atoms with Crippen molar-refractivity contribution in [2.45, 2.75) is 6.42 Å². The van der Waals surface area contributed by atoms with Crippen molar-refractivity contribution in [3.63, 3.8) is 0 Å². The summed E-state index contributed by atoms with van der Waals surface area (Å²) in [5.41, 5.74) is 0. The van der Waals surface area contributed by atoms with Crippen LogP contribution in [0.25, 0.3) is 0 Å². The minimum absolute atomic E-state index is 0.108. The van der Waals surface area contributed by atoms with Crippen LogP contribution < -0.4 is 5.32 Å². The van der Waals surface area contributed by atoms with Gasteiger partial charge in [0.15, 0.2) is 5.13 Å². The Bertz CT molecular complexity index is 276. The van der Waals surface area contributed by atoms with Crippen molar-refractivity contribution < 1.29 is 9.90 Å². The number of halogens is 1. The summed E-state index contributed by atoms with van der Waals surface area (Å²) in [4.78, 5) is 14.8. The highest BCUT2D eigenvalue weighted by Crippen LogP contribution is 2.22. The van der Waals surface area contributed by atoms with E-state index >= 15 is 0 Å². The van der Waals surface area contributed by atoms with E-state index in [1.165, 1.54) is 11.3 Å². The monoisotopic (exact) mass is 250 g/mol. The topological polar surface area (TPSA) is 62.2 Å². The van der Waals surface area contributed by atoms with Crippen molar-refractivity contribution >= 4 is 38.3 Å². The number of nitrogens with one attached hydrogen (secondary N) is 1. The second kappa shape index (κ2) is 4.54. The Morgan fingerprint density at radius 3 is 3.08 bits per heavy atom. The number of thiazole rings is 1. The van der Waals surface area contributed by atoms with Gasteiger partial charge in [-0.3, -0.25) is 4.79 Å². The first-order valence-corrected chi connectivity index (χ1v) is 4.85. The van der Waals surface area contributed by atoms with Crippen LogP contribution in [0.2, 0.25) is 0 Å². The van der Waals surface area contributed by atoms with Crippen molar-refractivity contribution in [3.05, 3.63) is 9.98 Å². The van der Waals surface area contributed by atoms with Gasteiger partial charge >= 0.3 is 0 Å². The maximum atomic E-state index is 10.9. The number of anilines is 1. The van der Waals surface area contributed by atoms with Crippen molar-refractivity contribution in [1.82, 2.24) is 4.98 Å². The first-order valence-electron chi connectivity index (χ1n) is 3.24. The summed E-state index contributed by atoms with van der Waals surface area (Å²) in [6.07, 6.45) is 1.72. The molecule has 4 nitrogen and oxygen atoms in total. The van der Waals surface area contributed by atoms with Crippen LogP contribution in [0.1, 0.15) is 6.42 Å². The van der Waals surface area contributed by atoms with Crippen LogP contribution in [0.5, 0.6) is 0 Å². The van der Waals surface area contributed by atoms with Crippen LogP contribution >= 0.6 is 27.3 Å². The van der Waals surface area contributed by atoms with E-state index in [2.05, 4.69) is 26.2 Å². The Hall–Kier alpha value is -0.460. The number of rotatable bonds is 3. The van der Waals surface area contributed by atoms with Gasteiger partial charge in [-0.1, -0.05) is 11.3 Å². The molecule has 0 atom stereocenters. The molecule has 0 saturated carbocycles. The SMILES string of the molecule is O=C(CCO)Nc1ncc(Br)s1. The van der Waals surface area contributed by atoms with E-state index in [-0.39, 0.29) is 18.9 Å². The largest absolute Gasteiger partial charge is 0.396 e. The molecule has 1 rings (SSSR count). The standard InChI is InChI=1S/C6H7BrN2O2S/c7-4-3-8-6(12-4)9-5(11)1-2-10/h3,10H,1-2H2,(H,8,9,11). The van der Waals surface area contributed by atoms with E-state index in [1.807, 2.05) is 0 Å². The van der Waals surface area contributed by atoms with Gasteiger partial charge in [0.25, 0.3) is 0 Å². The first kappa shape index (κ1) is 9.63. The molecule has 0 unspecified atom stereocenters. The van der Waals surface area contributed by atoms with Crippen LogP contribution in [-0.2, 0) is 4.79 Å². The molecule has 1 amide bonds. The lowest BCUT2D eigenvalue weighted by Crippen LogP contribution is -2.12. The van der Waals surface area contributed by atoms with Gasteiger partial charge in [0.1, 0.15) is 0 Å². The quantitative estimate of drug-likeness (QED) is 0.849. The minimum Gasteiger partial charge on any atom is -0.396 e. The number of aliphatic hydroxyl groups is 1. The molecule has 0 bridgehead atoms. The average Bonchev–Trinajstić information content (AvgIpc) is 2.36. The number of aromatic nitrogens is 1. The number of nitrogens with zero attached hydrogens (tertiary/aromatic N) is 1. The predicted octanol–water partition coefficient (Wildman–Crippen LogP) is 1.23. The summed E-state index contributed by atoms with van der Waals surface area (Å²) < 4.78 is 0.863. The highest BCUT2D eigenvalue weighted by molar-refractivity contribution is 9.11. The average molecular weight is 251 g/mol. The van der Waals surface area contributed by atoms with E-state index in [0.717, 1.165) is 3.79 Å². The molecule has 0 saturated heterocycles. The molecular weight excluding hydrogens is 244 g/mol. The van der Waals surface area contributed by atoms with Crippen molar-refractivity contribution in [3.8, 4) is 0 Å². The van der Waals surface area contributed by atoms with Crippen LogP contribution in [-0.4, -0.2) is 22.6 Å². The Kier molecular flexibility index (Phi) is 3.64. The van der Waals surface area contributed by atoms with Crippen molar-refractivity contribution in [2.75, 3.05) is 11.9 Å². The summed E-state index contributed by atoms with van der Waals surface area (Å²) in [6.45, 7) is -0.140. The number of amides is 1. The number of carbonyl (C=O) groups excluding carboxylic acids is 1. The highest BCUT2D eigenvalue weighted by Gasteiger charge is 2.03. The van der Waals surface area contributed by atoms with E-state index < -0.39 is 0 Å². The predicted molar refractivity (Wildman–Crippen MR) is 50.1 cm³/mol. The fourth-order valence-corrected chi connectivity index (χ4v) is 1.72. The minimum atomic E-state index is -0.223. The van der Waals surface area contributed by atoms with Crippen molar-refractivity contribution in [1.29, 1.82) is 0 Å². The lowest BCUT2D eigenvalue weighted by molar-refractivity contribution is -0.116. The van der Waals surface area contributed by atoms with Gasteiger partial charge in [-0.15, -0.1) is 0 Å². The lowest BCUT2D eigenvalue weighted by atomic mass is 10.4. The Labute approximate surface area is 81.8 Å². The number of carbonyl (C=O) groups is 1. The van der Waals surface area contributed by atoms with E-state index in [0.29, 0.717) is 5.13 Å². The maximum absolute atomic E-state index is 10.9. The lowest BCUT2D eigenvalue weighted by Gasteiger charge is -1.96. The number of hydrogen-bond donors (Lipinski definition) is 2. The number of aliphatic hydroxyl groups excluding tert-OH is 1. The van der Waals surface area contributed by atoms with Gasteiger partial charge in [-0.05, 0) is 15.9 Å². The summed E-state index contributed by atoms with van der Waals surface area (Å²) in [6, 6.07) is 0. The molecule has 1 aromatic heterocycles. The van der Waals surface area contributed by atoms with Crippen LogP contribution in [0.15, 0.2) is 9.98 Å². The molecule has 0 radical (unpaired) electrons. The smallest absolute Gasteiger partial charge is 0.228 e. The molecule has 0 aliphatic carbocycles. The van der Waals surface area contributed by atoms with Gasteiger partial charge in [-0.25, -0.2) is 4.98 Å². The van der Waals surface area contributed by atoms with Gasteiger partial charge in [-0.2, -0.15) is 0 Å². The molecule has 0 aliphatic rings. The molecule has 66 valence electrons. The van der Waals surface area contributed by atoms with Gasteiger partial charge in [0.05, 0.1) is 23.0 Å². The fraction of sp³-hybridized carbons (Fsp3) is 0.333. The Balaban J connectivity index is 2.46. The second-order valence-electron chi connectivity index (χ2n) is 1.99. The number of hydrogen-bond acceptors (Lipinski definition) is 4. The Morgan fingerprint density at radius 2 is 2.58 bits per heavy atom. The molecule has 2 N–H and O–H groups in total. The molecule has 6 heteroatoms. The zero-order valence-corrected chi connectivity index (χ0v) is 8.48. The van der Waals surface area contributed by atoms with E-state index in [4.69, 9.17) is 5.11 Å². The van der Waals surface area contributed by atoms with Gasteiger partial charge in [0, 0.05) is 0 Å². The molecule has 0 aromatic carbocycles. The zero-order valence-electron chi connectivity index (χ0n) is 6.08. The third kappa shape index (κ3) is 2.88. The fourth-order valence-electron chi connectivity index (χ4n) is 0.596. The van der Waals surface area contributed by atoms with Crippen LogP contribution in [0.3, 0.4) is 0 Å².